The minimum absolute atomic E-state index is 0.0500. The van der Waals surface area contributed by atoms with E-state index in [1.165, 1.54) is 6.20 Å². The van der Waals surface area contributed by atoms with Crippen molar-refractivity contribution >= 4 is 46.0 Å². The van der Waals surface area contributed by atoms with Gasteiger partial charge in [-0.25, -0.2) is 9.97 Å². The summed E-state index contributed by atoms with van der Waals surface area (Å²) < 4.78 is 0. The molecule has 1 fully saturated rings. The zero-order valence-electron chi connectivity index (χ0n) is 16.8. The molecule has 4 rings (SSSR count). The maximum atomic E-state index is 11.5. The van der Waals surface area contributed by atoms with Crippen LogP contribution in [0, 0.1) is 11.3 Å². The van der Waals surface area contributed by atoms with Crippen molar-refractivity contribution in [2.45, 2.75) is 31.8 Å². The number of hydrogen-bond donors (Lipinski definition) is 4. The van der Waals surface area contributed by atoms with Gasteiger partial charge in [-0.15, -0.1) is 0 Å². The number of carbonyl (C=O) groups is 1. The van der Waals surface area contributed by atoms with Crippen molar-refractivity contribution in [1.29, 1.82) is 5.26 Å². The molecule has 0 bridgehead atoms. The first-order chi connectivity index (χ1) is 14.9. The van der Waals surface area contributed by atoms with E-state index in [-0.39, 0.29) is 29.4 Å². The molecule has 3 aromatic rings. The lowest BCUT2D eigenvalue weighted by molar-refractivity contribution is -0.119. The number of nitrogens with one attached hydrogen (secondary N) is 3. The normalized spacial score (nSPS) is 16.5. The van der Waals surface area contributed by atoms with Gasteiger partial charge in [0.15, 0.2) is 0 Å². The fraction of sp³-hybridized carbons (Fsp3) is 0.286. The molecule has 0 saturated carbocycles. The van der Waals surface area contributed by atoms with Gasteiger partial charge in [0.2, 0.25) is 11.9 Å². The Morgan fingerprint density at radius 2 is 2.26 bits per heavy atom. The van der Waals surface area contributed by atoms with Gasteiger partial charge in [0.25, 0.3) is 0 Å². The number of pyridine rings is 1. The number of para-hydroxylation sites is 1. The predicted molar refractivity (Wildman–Crippen MR) is 120 cm³/mol. The second-order valence-electron chi connectivity index (χ2n) is 7.39. The molecular formula is C21H21ClN8O. The number of nitrogens with two attached hydrogens (primary N) is 1. The number of amides is 1. The number of nitrogens with zero attached hydrogens (tertiary/aromatic N) is 4. The average Bonchev–Trinajstić information content (AvgIpc) is 3.17. The molecule has 10 heteroatoms. The van der Waals surface area contributed by atoms with E-state index in [0.29, 0.717) is 35.3 Å². The molecule has 2 atom stereocenters. The number of benzene rings is 1. The molecule has 9 nitrogen and oxygen atoms in total. The summed E-state index contributed by atoms with van der Waals surface area (Å²) in [6, 6.07) is 9.39. The summed E-state index contributed by atoms with van der Waals surface area (Å²) in [6.07, 6.45) is 2.70. The average molecular weight is 437 g/mol. The van der Waals surface area contributed by atoms with E-state index in [0.717, 1.165) is 17.4 Å². The lowest BCUT2D eigenvalue weighted by Crippen LogP contribution is -2.32. The Hall–Kier alpha value is -3.64. The van der Waals surface area contributed by atoms with Crippen LogP contribution in [0.25, 0.3) is 10.9 Å². The van der Waals surface area contributed by atoms with Crippen LogP contribution >= 0.6 is 11.6 Å². The molecule has 1 aliphatic rings. The van der Waals surface area contributed by atoms with Crippen molar-refractivity contribution in [2.24, 2.45) is 0 Å². The quantitative estimate of drug-likeness (QED) is 0.462. The van der Waals surface area contributed by atoms with E-state index in [1.807, 2.05) is 31.2 Å². The maximum absolute atomic E-state index is 11.5. The molecule has 5 N–H and O–H groups in total. The minimum atomic E-state index is -0.233. The zero-order chi connectivity index (χ0) is 22.0. The van der Waals surface area contributed by atoms with Crippen molar-refractivity contribution in [2.75, 3.05) is 22.9 Å². The molecular weight excluding hydrogens is 416 g/mol. The summed E-state index contributed by atoms with van der Waals surface area (Å²) in [4.78, 5) is 24.6. The van der Waals surface area contributed by atoms with Crippen LogP contribution in [-0.4, -0.2) is 33.4 Å². The van der Waals surface area contributed by atoms with E-state index in [2.05, 4.69) is 25.9 Å². The third-order valence-corrected chi connectivity index (χ3v) is 5.48. The van der Waals surface area contributed by atoms with E-state index in [1.54, 1.807) is 6.07 Å². The number of nitrogen functional groups attached to an aromatic ring is 1. The number of nitriles is 1. The first-order valence-corrected chi connectivity index (χ1v) is 10.2. The van der Waals surface area contributed by atoms with E-state index < -0.39 is 0 Å². The molecule has 0 radical (unpaired) electrons. The van der Waals surface area contributed by atoms with Crippen molar-refractivity contribution in [3.05, 3.63) is 46.6 Å². The minimum Gasteiger partial charge on any atom is -0.382 e. The topological polar surface area (TPSA) is 142 Å². The fourth-order valence-electron chi connectivity index (χ4n) is 3.52. The number of fused-ring (bicyclic) bond motifs is 1. The van der Waals surface area contributed by atoms with Crippen LogP contribution in [0.4, 0.5) is 17.6 Å². The lowest BCUT2D eigenvalue weighted by Gasteiger charge is -2.21. The molecule has 0 aliphatic carbocycles. The van der Waals surface area contributed by atoms with Crippen LogP contribution in [-0.2, 0) is 4.79 Å². The van der Waals surface area contributed by atoms with Crippen LogP contribution in [0.5, 0.6) is 0 Å². The first kappa shape index (κ1) is 20.6. The Bertz CT molecular complexity index is 1190. The molecule has 0 spiro atoms. The molecule has 1 aliphatic heterocycles. The number of aromatic nitrogens is 3. The highest BCUT2D eigenvalue weighted by Crippen LogP contribution is 2.31. The molecule has 0 unspecified atom stereocenters. The second kappa shape index (κ2) is 8.62. The highest BCUT2D eigenvalue weighted by Gasteiger charge is 2.22. The van der Waals surface area contributed by atoms with Crippen molar-refractivity contribution in [3.63, 3.8) is 0 Å². The van der Waals surface area contributed by atoms with Crippen LogP contribution in [0.2, 0.25) is 5.02 Å². The van der Waals surface area contributed by atoms with Gasteiger partial charge in [0.1, 0.15) is 23.3 Å². The van der Waals surface area contributed by atoms with Crippen LogP contribution < -0.4 is 21.7 Å². The first-order valence-electron chi connectivity index (χ1n) is 9.86. The van der Waals surface area contributed by atoms with Crippen LogP contribution in [0.15, 0.2) is 30.5 Å². The summed E-state index contributed by atoms with van der Waals surface area (Å²) in [6.45, 7) is 2.50. The zero-order valence-corrected chi connectivity index (χ0v) is 17.6. The van der Waals surface area contributed by atoms with Gasteiger partial charge in [-0.3, -0.25) is 4.79 Å². The summed E-state index contributed by atoms with van der Waals surface area (Å²) >= 11 is 6.36. The monoisotopic (exact) mass is 436 g/mol. The number of halogens is 1. The standard InChI is InChI=1S/C21H21ClN8O/c1-11(27-21-26-9-13(8-23)19(24)30-21)15-7-12-3-2-4-16(22)18(12)29-20(15)25-10-14-5-6-17(31)28-14/h2-4,7,9,11,14H,5-6,10H2,1H3,(H,25,29)(H,28,31)(H3,24,26,27,30)/t11-,14-/m0/s1. The van der Waals surface area contributed by atoms with E-state index in [4.69, 9.17) is 27.6 Å². The summed E-state index contributed by atoms with van der Waals surface area (Å²) in [7, 11) is 0. The maximum Gasteiger partial charge on any atom is 0.225 e. The largest absolute Gasteiger partial charge is 0.382 e. The highest BCUT2D eigenvalue weighted by atomic mass is 35.5. The molecule has 31 heavy (non-hydrogen) atoms. The number of carbonyl (C=O) groups excluding carboxylic acids is 1. The molecule has 2 aromatic heterocycles. The van der Waals surface area contributed by atoms with Crippen LogP contribution in [0.3, 0.4) is 0 Å². The van der Waals surface area contributed by atoms with Gasteiger partial charge in [-0.2, -0.15) is 10.2 Å². The Kier molecular flexibility index (Phi) is 5.73. The van der Waals surface area contributed by atoms with Crippen LogP contribution in [0.1, 0.15) is 36.9 Å². The number of rotatable bonds is 6. The molecule has 1 aromatic carbocycles. The van der Waals surface area contributed by atoms with Gasteiger partial charge >= 0.3 is 0 Å². The van der Waals surface area contributed by atoms with Gasteiger partial charge < -0.3 is 21.7 Å². The van der Waals surface area contributed by atoms with Gasteiger partial charge in [-0.1, -0.05) is 23.7 Å². The molecule has 158 valence electrons. The Morgan fingerprint density at radius 3 is 2.97 bits per heavy atom. The molecule has 1 saturated heterocycles. The van der Waals surface area contributed by atoms with Gasteiger partial charge in [0.05, 0.1) is 22.8 Å². The lowest BCUT2D eigenvalue weighted by atomic mass is 10.1. The summed E-state index contributed by atoms with van der Waals surface area (Å²) in [5.74, 6) is 1.14. The summed E-state index contributed by atoms with van der Waals surface area (Å²) in [5.41, 5.74) is 7.60. The molecule has 3 heterocycles. The number of hydrogen-bond acceptors (Lipinski definition) is 8. The third kappa shape index (κ3) is 4.44. The van der Waals surface area contributed by atoms with Crippen molar-refractivity contribution in [1.82, 2.24) is 20.3 Å². The Labute approximate surface area is 184 Å². The Balaban J connectivity index is 1.64. The third-order valence-electron chi connectivity index (χ3n) is 5.18. The second-order valence-corrected chi connectivity index (χ2v) is 7.80. The van der Waals surface area contributed by atoms with Crippen molar-refractivity contribution < 1.29 is 4.79 Å². The van der Waals surface area contributed by atoms with E-state index >= 15 is 0 Å². The van der Waals surface area contributed by atoms with Crippen molar-refractivity contribution in [3.8, 4) is 6.07 Å². The van der Waals surface area contributed by atoms with E-state index in [9.17, 15) is 4.79 Å². The highest BCUT2D eigenvalue weighted by molar-refractivity contribution is 6.35. The van der Waals surface area contributed by atoms with Gasteiger partial charge in [0, 0.05) is 30.0 Å². The Morgan fingerprint density at radius 1 is 1.42 bits per heavy atom. The SMILES string of the molecule is C[C@H](Nc1ncc(C#N)c(N)n1)c1cc2cccc(Cl)c2nc1NC[C@@H]1CCC(=O)N1. The fourth-order valence-corrected chi connectivity index (χ4v) is 3.75. The van der Waals surface area contributed by atoms with Gasteiger partial charge in [-0.05, 0) is 25.5 Å². The number of anilines is 3. The summed E-state index contributed by atoms with van der Waals surface area (Å²) in [5, 5.41) is 20.0. The smallest absolute Gasteiger partial charge is 0.225 e. The molecule has 1 amide bonds. The predicted octanol–water partition coefficient (Wildman–Crippen LogP) is 3.00.